The third-order valence-corrected chi connectivity index (χ3v) is 3.79. The zero-order valence-corrected chi connectivity index (χ0v) is 13.6. The van der Waals surface area contributed by atoms with E-state index in [-0.39, 0.29) is 11.2 Å². The van der Waals surface area contributed by atoms with Crippen molar-refractivity contribution in [3.63, 3.8) is 0 Å². The van der Waals surface area contributed by atoms with Gasteiger partial charge in [-0.3, -0.25) is 4.79 Å². The maximum atomic E-state index is 12.0. The second kappa shape index (κ2) is 5.88. The van der Waals surface area contributed by atoms with Crippen LogP contribution in [0.3, 0.4) is 0 Å². The molecule has 0 fully saturated rings. The van der Waals surface area contributed by atoms with Crippen LogP contribution in [-0.4, -0.2) is 5.78 Å². The molecule has 0 saturated heterocycles. The van der Waals surface area contributed by atoms with Crippen LogP contribution in [0.4, 0.5) is 0 Å². The van der Waals surface area contributed by atoms with Gasteiger partial charge in [0, 0.05) is 18.4 Å². The minimum atomic E-state index is 0.139. The lowest BCUT2D eigenvalue weighted by Crippen LogP contribution is -2.10. The van der Waals surface area contributed by atoms with Gasteiger partial charge in [0.15, 0.2) is 5.78 Å². The summed E-state index contributed by atoms with van der Waals surface area (Å²) >= 11 is 0. The SMILES string of the molecule is CCC(=O)c1cc(-c2ccc(C(C)(C)C)cc2)oc1CC. The van der Waals surface area contributed by atoms with Crippen molar-refractivity contribution in [1.82, 2.24) is 0 Å². The number of rotatable bonds is 4. The number of Topliss-reactive ketones (excluding diaryl/α,β-unsaturated/α-hetero) is 1. The molecule has 2 nitrogen and oxygen atoms in total. The van der Waals surface area contributed by atoms with Crippen LogP contribution in [-0.2, 0) is 11.8 Å². The first-order valence-electron chi connectivity index (χ1n) is 7.63. The monoisotopic (exact) mass is 284 g/mol. The maximum Gasteiger partial charge on any atom is 0.166 e. The third kappa shape index (κ3) is 3.26. The molecule has 0 radical (unpaired) electrons. The molecule has 0 unspecified atom stereocenters. The van der Waals surface area contributed by atoms with Crippen LogP contribution >= 0.6 is 0 Å². The van der Waals surface area contributed by atoms with E-state index in [2.05, 4.69) is 45.0 Å². The molecule has 2 rings (SSSR count). The zero-order chi connectivity index (χ0) is 15.6. The van der Waals surface area contributed by atoms with E-state index in [1.165, 1.54) is 5.56 Å². The van der Waals surface area contributed by atoms with E-state index in [9.17, 15) is 4.79 Å². The van der Waals surface area contributed by atoms with Gasteiger partial charge in [0.2, 0.25) is 0 Å². The normalized spacial score (nSPS) is 11.7. The molecule has 0 aliphatic carbocycles. The van der Waals surface area contributed by atoms with Gasteiger partial charge in [-0.1, -0.05) is 58.9 Å². The highest BCUT2D eigenvalue weighted by molar-refractivity contribution is 5.97. The van der Waals surface area contributed by atoms with Crippen molar-refractivity contribution in [3.8, 4) is 11.3 Å². The molecule has 0 spiro atoms. The predicted molar refractivity (Wildman–Crippen MR) is 86.8 cm³/mol. The van der Waals surface area contributed by atoms with Crippen molar-refractivity contribution in [2.24, 2.45) is 0 Å². The molecule has 0 aliphatic heterocycles. The summed E-state index contributed by atoms with van der Waals surface area (Å²) in [6, 6.07) is 10.3. The van der Waals surface area contributed by atoms with Crippen LogP contribution in [0.25, 0.3) is 11.3 Å². The van der Waals surface area contributed by atoms with Gasteiger partial charge < -0.3 is 4.42 Å². The highest BCUT2D eigenvalue weighted by Crippen LogP contribution is 2.29. The summed E-state index contributed by atoms with van der Waals surface area (Å²) in [7, 11) is 0. The summed E-state index contributed by atoms with van der Waals surface area (Å²) in [4.78, 5) is 12.0. The van der Waals surface area contributed by atoms with Crippen molar-refractivity contribution < 1.29 is 9.21 Å². The van der Waals surface area contributed by atoms with E-state index in [0.29, 0.717) is 6.42 Å². The van der Waals surface area contributed by atoms with Crippen LogP contribution in [0.2, 0.25) is 0 Å². The summed E-state index contributed by atoms with van der Waals surface area (Å²) in [5.74, 6) is 1.72. The van der Waals surface area contributed by atoms with Crippen LogP contribution < -0.4 is 0 Å². The number of hydrogen-bond donors (Lipinski definition) is 0. The summed E-state index contributed by atoms with van der Waals surface area (Å²) in [5, 5.41) is 0. The van der Waals surface area contributed by atoms with Gasteiger partial charge in [-0.2, -0.15) is 0 Å². The number of furan rings is 1. The maximum absolute atomic E-state index is 12.0. The van der Waals surface area contributed by atoms with E-state index in [0.717, 1.165) is 29.1 Å². The number of benzene rings is 1. The van der Waals surface area contributed by atoms with Crippen LogP contribution in [0, 0.1) is 0 Å². The Morgan fingerprint density at radius 2 is 1.71 bits per heavy atom. The fraction of sp³-hybridized carbons (Fsp3) is 0.421. The Kier molecular flexibility index (Phi) is 4.36. The van der Waals surface area contributed by atoms with Crippen LogP contribution in [0.1, 0.15) is 62.7 Å². The Hall–Kier alpha value is -1.83. The molecule has 0 saturated carbocycles. The van der Waals surface area contributed by atoms with E-state index < -0.39 is 0 Å². The molecule has 21 heavy (non-hydrogen) atoms. The average molecular weight is 284 g/mol. The fourth-order valence-electron chi connectivity index (χ4n) is 2.39. The van der Waals surface area contributed by atoms with Gasteiger partial charge in [0.25, 0.3) is 0 Å². The number of carbonyl (C=O) groups excluding carboxylic acids is 1. The summed E-state index contributed by atoms with van der Waals surface area (Å²) in [6.07, 6.45) is 1.25. The molecule has 1 heterocycles. The van der Waals surface area contributed by atoms with Gasteiger partial charge in [-0.15, -0.1) is 0 Å². The standard InChI is InChI=1S/C19H24O2/c1-6-16(20)15-12-18(21-17(15)7-2)13-8-10-14(11-9-13)19(3,4)5/h8-12H,6-7H2,1-5H3. The molecule has 112 valence electrons. The fourth-order valence-corrected chi connectivity index (χ4v) is 2.39. The van der Waals surface area contributed by atoms with Gasteiger partial charge in [-0.05, 0) is 17.0 Å². The summed E-state index contributed by atoms with van der Waals surface area (Å²) in [6.45, 7) is 10.5. The number of hydrogen-bond acceptors (Lipinski definition) is 2. The Labute approximate surface area is 127 Å². The molecule has 0 atom stereocenters. The second-order valence-corrected chi connectivity index (χ2v) is 6.41. The van der Waals surface area contributed by atoms with Gasteiger partial charge in [0.05, 0.1) is 5.56 Å². The van der Waals surface area contributed by atoms with Gasteiger partial charge in [-0.25, -0.2) is 0 Å². The Morgan fingerprint density at radius 3 is 2.19 bits per heavy atom. The van der Waals surface area contributed by atoms with Crippen molar-refractivity contribution in [2.45, 2.75) is 52.9 Å². The molecule has 0 N–H and O–H groups in total. The Bertz CT molecular complexity index is 625. The summed E-state index contributed by atoms with van der Waals surface area (Å²) < 4.78 is 5.88. The van der Waals surface area contributed by atoms with E-state index in [1.807, 2.05) is 19.9 Å². The largest absolute Gasteiger partial charge is 0.460 e. The van der Waals surface area contributed by atoms with E-state index in [1.54, 1.807) is 0 Å². The zero-order valence-electron chi connectivity index (χ0n) is 13.6. The topological polar surface area (TPSA) is 30.2 Å². The van der Waals surface area contributed by atoms with Gasteiger partial charge >= 0.3 is 0 Å². The van der Waals surface area contributed by atoms with E-state index >= 15 is 0 Å². The quantitative estimate of drug-likeness (QED) is 0.704. The molecule has 1 aromatic heterocycles. The van der Waals surface area contributed by atoms with E-state index in [4.69, 9.17) is 4.42 Å². The van der Waals surface area contributed by atoms with Gasteiger partial charge in [0.1, 0.15) is 11.5 Å². The van der Waals surface area contributed by atoms with Crippen molar-refractivity contribution >= 4 is 5.78 Å². The lowest BCUT2D eigenvalue weighted by molar-refractivity contribution is 0.0986. The number of aryl methyl sites for hydroxylation is 1. The van der Waals surface area contributed by atoms with Crippen LogP contribution in [0.5, 0.6) is 0 Å². The van der Waals surface area contributed by atoms with Crippen molar-refractivity contribution in [1.29, 1.82) is 0 Å². The summed E-state index contributed by atoms with van der Waals surface area (Å²) in [5.41, 5.74) is 3.18. The molecular formula is C19H24O2. The first-order chi connectivity index (χ1) is 9.86. The van der Waals surface area contributed by atoms with Crippen molar-refractivity contribution in [3.05, 3.63) is 47.2 Å². The minimum absolute atomic E-state index is 0.139. The van der Waals surface area contributed by atoms with Crippen molar-refractivity contribution in [2.75, 3.05) is 0 Å². The second-order valence-electron chi connectivity index (χ2n) is 6.41. The molecule has 2 aromatic rings. The third-order valence-electron chi connectivity index (χ3n) is 3.79. The predicted octanol–water partition coefficient (Wildman–Crippen LogP) is 5.40. The molecule has 0 aliphatic rings. The molecular weight excluding hydrogens is 260 g/mol. The Balaban J connectivity index is 2.38. The lowest BCUT2D eigenvalue weighted by Gasteiger charge is -2.18. The minimum Gasteiger partial charge on any atom is -0.460 e. The molecule has 0 amide bonds. The highest BCUT2D eigenvalue weighted by atomic mass is 16.3. The highest BCUT2D eigenvalue weighted by Gasteiger charge is 2.17. The first-order valence-corrected chi connectivity index (χ1v) is 7.63. The average Bonchev–Trinajstić information content (AvgIpc) is 2.90. The molecule has 1 aromatic carbocycles. The lowest BCUT2D eigenvalue weighted by atomic mass is 9.86. The number of carbonyl (C=O) groups is 1. The number of ketones is 1. The van der Waals surface area contributed by atoms with Crippen LogP contribution in [0.15, 0.2) is 34.7 Å². The molecule has 2 heteroatoms. The molecule has 0 bridgehead atoms. The first kappa shape index (κ1) is 15.6. The smallest absolute Gasteiger partial charge is 0.166 e. The Morgan fingerprint density at radius 1 is 1.10 bits per heavy atom.